The molecule has 0 aliphatic heterocycles. The van der Waals surface area contributed by atoms with Crippen LogP contribution in [0.1, 0.15) is 48.2 Å². The summed E-state index contributed by atoms with van der Waals surface area (Å²) in [4.78, 5) is 21.8. The van der Waals surface area contributed by atoms with E-state index in [2.05, 4.69) is 20.6 Å². The Bertz CT molecular complexity index is 1420. The summed E-state index contributed by atoms with van der Waals surface area (Å²) in [7, 11) is 0. The zero-order valence-corrected chi connectivity index (χ0v) is 20.6. The van der Waals surface area contributed by atoms with E-state index in [0.717, 1.165) is 23.8 Å². The van der Waals surface area contributed by atoms with Gasteiger partial charge in [0.05, 0.1) is 5.52 Å². The normalized spacial score (nSPS) is 13.1. The molecule has 0 saturated heterocycles. The number of aromatic nitrogens is 2. The number of hydrogen-bond acceptors (Lipinski definition) is 5. The van der Waals surface area contributed by atoms with Crippen LogP contribution in [-0.2, 0) is 6.61 Å². The van der Waals surface area contributed by atoms with Gasteiger partial charge in [-0.2, -0.15) is 0 Å². The average molecular weight is 485 g/mol. The Hall–Kier alpha value is -4.00. The van der Waals surface area contributed by atoms with Crippen molar-refractivity contribution >= 4 is 22.8 Å². The van der Waals surface area contributed by atoms with E-state index in [9.17, 15) is 4.79 Å². The maximum atomic E-state index is 15.1. The van der Waals surface area contributed by atoms with Gasteiger partial charge in [-0.1, -0.05) is 30.3 Å². The molecule has 0 atom stereocenters. The van der Waals surface area contributed by atoms with Gasteiger partial charge in [-0.25, -0.2) is 14.4 Å². The van der Waals surface area contributed by atoms with E-state index in [0.29, 0.717) is 46.1 Å². The average Bonchev–Trinajstić information content (AvgIpc) is 3.68. The third-order valence-corrected chi connectivity index (χ3v) is 6.15. The zero-order valence-electron chi connectivity index (χ0n) is 20.6. The van der Waals surface area contributed by atoms with Crippen molar-refractivity contribution in [1.82, 2.24) is 15.3 Å². The van der Waals surface area contributed by atoms with E-state index in [4.69, 9.17) is 4.74 Å². The van der Waals surface area contributed by atoms with Crippen LogP contribution in [0.3, 0.4) is 0 Å². The van der Waals surface area contributed by atoms with Crippen molar-refractivity contribution in [2.24, 2.45) is 0 Å². The Morgan fingerprint density at radius 2 is 1.89 bits per heavy atom. The molecule has 7 heteroatoms. The molecule has 6 nitrogen and oxygen atoms in total. The molecule has 0 bridgehead atoms. The molecule has 1 aromatic heterocycles. The molecule has 0 radical (unpaired) electrons. The van der Waals surface area contributed by atoms with Crippen molar-refractivity contribution in [2.75, 3.05) is 5.32 Å². The first-order valence-corrected chi connectivity index (χ1v) is 12.2. The Morgan fingerprint density at radius 3 is 2.61 bits per heavy atom. The summed E-state index contributed by atoms with van der Waals surface area (Å²) in [6.45, 7) is 6.10. The smallest absolute Gasteiger partial charge is 0.251 e. The predicted molar refractivity (Wildman–Crippen MR) is 140 cm³/mol. The van der Waals surface area contributed by atoms with Gasteiger partial charge in [0.15, 0.2) is 0 Å². The molecule has 2 N–H and O–H groups in total. The van der Waals surface area contributed by atoms with Crippen LogP contribution in [0.2, 0.25) is 0 Å². The Morgan fingerprint density at radius 1 is 1.11 bits per heavy atom. The molecule has 36 heavy (non-hydrogen) atoms. The highest BCUT2D eigenvalue weighted by Crippen LogP contribution is 2.37. The second-order valence-electron chi connectivity index (χ2n) is 9.55. The lowest BCUT2D eigenvalue weighted by molar-refractivity contribution is 0.0950. The number of carbonyl (C=O) groups excluding carboxylic acids is 1. The first kappa shape index (κ1) is 23.7. The zero-order chi connectivity index (χ0) is 25.2. The number of ether oxygens (including phenoxy) is 1. The summed E-state index contributed by atoms with van der Waals surface area (Å²) in [6.07, 6.45) is 3.67. The molecular formula is C29H29FN4O2. The van der Waals surface area contributed by atoms with Crippen LogP contribution in [0.25, 0.3) is 22.0 Å². The lowest BCUT2D eigenvalue weighted by Crippen LogP contribution is -2.25. The van der Waals surface area contributed by atoms with Gasteiger partial charge in [0.2, 0.25) is 5.95 Å². The number of carbonyl (C=O) groups is 1. The van der Waals surface area contributed by atoms with Crippen molar-refractivity contribution in [2.45, 2.75) is 52.3 Å². The standard InChI is InChI=1S/C29H29FN4O2/c1-17(2)32-29-31-15-21-12-24(27(14-26(21)34-29)36-16-19-7-5-4-6-8-19)23-11-20(13-25(30)18(23)3)28(35)33-22-9-10-22/h4-8,11-15,17,22H,9-10,16H2,1-3H3,(H,33,35)(H,31,32,34). The van der Waals surface area contributed by atoms with E-state index >= 15 is 4.39 Å². The van der Waals surface area contributed by atoms with Gasteiger partial charge in [-0.15, -0.1) is 0 Å². The summed E-state index contributed by atoms with van der Waals surface area (Å²) in [5.41, 5.74) is 3.74. The third-order valence-electron chi connectivity index (χ3n) is 6.15. The van der Waals surface area contributed by atoms with E-state index in [1.807, 2.05) is 56.3 Å². The fourth-order valence-corrected chi connectivity index (χ4v) is 4.04. The van der Waals surface area contributed by atoms with Gasteiger partial charge in [0.25, 0.3) is 5.91 Å². The van der Waals surface area contributed by atoms with E-state index in [-0.39, 0.29) is 18.0 Å². The van der Waals surface area contributed by atoms with Crippen molar-refractivity contribution in [3.05, 3.63) is 83.3 Å². The Labute approximate surface area is 209 Å². The third kappa shape index (κ3) is 5.30. The number of hydrogen-bond donors (Lipinski definition) is 2. The molecule has 3 aromatic carbocycles. The molecule has 5 rings (SSSR count). The van der Waals surface area contributed by atoms with E-state index in [1.54, 1.807) is 19.2 Å². The van der Waals surface area contributed by atoms with Gasteiger partial charge >= 0.3 is 0 Å². The van der Waals surface area contributed by atoms with Crippen molar-refractivity contribution < 1.29 is 13.9 Å². The summed E-state index contributed by atoms with van der Waals surface area (Å²) >= 11 is 0. The number of benzene rings is 3. The molecule has 1 fully saturated rings. The van der Waals surface area contributed by atoms with Gasteiger partial charge in [0.1, 0.15) is 18.2 Å². The summed E-state index contributed by atoms with van der Waals surface area (Å²) in [5.74, 6) is 0.385. The number of halogens is 1. The van der Waals surface area contributed by atoms with Crippen molar-refractivity contribution in [1.29, 1.82) is 0 Å². The minimum Gasteiger partial charge on any atom is -0.488 e. The molecule has 184 valence electrons. The first-order valence-electron chi connectivity index (χ1n) is 12.2. The van der Waals surface area contributed by atoms with E-state index < -0.39 is 5.82 Å². The number of nitrogens with zero attached hydrogens (tertiary/aromatic N) is 2. The largest absolute Gasteiger partial charge is 0.488 e. The van der Waals surface area contributed by atoms with Crippen LogP contribution in [0.4, 0.5) is 10.3 Å². The highest BCUT2D eigenvalue weighted by molar-refractivity contribution is 5.97. The lowest BCUT2D eigenvalue weighted by atomic mass is 9.95. The molecule has 1 aliphatic rings. The quantitative estimate of drug-likeness (QED) is 0.319. The molecule has 1 aliphatic carbocycles. The minimum absolute atomic E-state index is 0.182. The van der Waals surface area contributed by atoms with Gasteiger partial charge < -0.3 is 15.4 Å². The van der Waals surface area contributed by atoms with Gasteiger partial charge in [-0.05, 0) is 68.5 Å². The first-order chi connectivity index (χ1) is 17.4. The number of fused-ring (bicyclic) bond motifs is 1. The summed E-state index contributed by atoms with van der Waals surface area (Å²) in [6, 6.07) is 17.0. The molecule has 0 spiro atoms. The maximum absolute atomic E-state index is 15.1. The van der Waals surface area contributed by atoms with Crippen LogP contribution in [-0.4, -0.2) is 28.0 Å². The maximum Gasteiger partial charge on any atom is 0.251 e. The molecule has 1 amide bonds. The number of anilines is 1. The van der Waals surface area contributed by atoms with Gasteiger partial charge in [0, 0.05) is 40.9 Å². The minimum atomic E-state index is -0.435. The van der Waals surface area contributed by atoms with Crippen LogP contribution >= 0.6 is 0 Å². The molecule has 1 saturated carbocycles. The fourth-order valence-electron chi connectivity index (χ4n) is 4.04. The second-order valence-corrected chi connectivity index (χ2v) is 9.55. The topological polar surface area (TPSA) is 76.1 Å². The predicted octanol–water partition coefficient (Wildman–Crippen LogP) is 6.04. The van der Waals surface area contributed by atoms with Crippen LogP contribution in [0.15, 0.2) is 60.8 Å². The lowest BCUT2D eigenvalue weighted by Gasteiger charge is -2.17. The summed E-state index contributed by atoms with van der Waals surface area (Å²) in [5, 5.41) is 6.96. The van der Waals surface area contributed by atoms with Crippen LogP contribution < -0.4 is 15.4 Å². The number of rotatable bonds is 8. The molecule has 4 aromatic rings. The number of amides is 1. The second kappa shape index (κ2) is 9.93. The SMILES string of the molecule is Cc1c(F)cc(C(=O)NC2CC2)cc1-c1cc2cnc(NC(C)C)nc2cc1OCc1ccccc1. The fraction of sp³-hybridized carbons (Fsp3) is 0.276. The van der Waals surface area contributed by atoms with E-state index in [1.165, 1.54) is 6.07 Å². The van der Waals surface area contributed by atoms with Crippen LogP contribution in [0, 0.1) is 12.7 Å². The summed E-state index contributed by atoms with van der Waals surface area (Å²) < 4.78 is 21.3. The monoisotopic (exact) mass is 484 g/mol. The van der Waals surface area contributed by atoms with Gasteiger partial charge in [-0.3, -0.25) is 4.79 Å². The highest BCUT2D eigenvalue weighted by atomic mass is 19.1. The Kier molecular flexibility index (Phi) is 6.55. The highest BCUT2D eigenvalue weighted by Gasteiger charge is 2.25. The molecule has 0 unspecified atom stereocenters. The Balaban J connectivity index is 1.60. The van der Waals surface area contributed by atoms with Crippen LogP contribution in [0.5, 0.6) is 5.75 Å². The van der Waals surface area contributed by atoms with Crippen molar-refractivity contribution in [3.63, 3.8) is 0 Å². The van der Waals surface area contributed by atoms with Crippen molar-refractivity contribution in [3.8, 4) is 16.9 Å². The molecule has 1 heterocycles. The molecular weight excluding hydrogens is 455 g/mol. The number of nitrogens with one attached hydrogen (secondary N) is 2.